The number of benzene rings is 2. The van der Waals surface area contributed by atoms with E-state index in [0.717, 1.165) is 20.6 Å². The van der Waals surface area contributed by atoms with Crippen molar-refractivity contribution in [1.82, 2.24) is 10.2 Å². The van der Waals surface area contributed by atoms with Crippen LogP contribution in [0.15, 0.2) is 46.9 Å². The highest BCUT2D eigenvalue weighted by Crippen LogP contribution is 2.34. The summed E-state index contributed by atoms with van der Waals surface area (Å²) >= 11 is 3.39. The van der Waals surface area contributed by atoms with Gasteiger partial charge in [-0.1, -0.05) is 41.9 Å². The largest absolute Gasteiger partial charge is 0.497 e. The Labute approximate surface area is 221 Å². The molecule has 0 unspecified atom stereocenters. The second-order valence-corrected chi connectivity index (χ2v) is 11.6. The van der Waals surface area contributed by atoms with Crippen molar-refractivity contribution in [3.05, 3.63) is 52.5 Å². The molecule has 1 N–H and O–H groups in total. The van der Waals surface area contributed by atoms with Crippen LogP contribution in [-0.4, -0.2) is 64.7 Å². The number of carbonyl (C=O) groups excluding carboxylic acids is 2. The van der Waals surface area contributed by atoms with Crippen molar-refractivity contribution < 1.29 is 27.5 Å². The first-order valence-electron chi connectivity index (χ1n) is 11.4. The summed E-state index contributed by atoms with van der Waals surface area (Å²) < 4.78 is 38.1. The first-order valence-corrected chi connectivity index (χ1v) is 14.0. The highest BCUT2D eigenvalue weighted by Gasteiger charge is 2.31. The van der Waals surface area contributed by atoms with Crippen LogP contribution in [0, 0.1) is 5.92 Å². The maximum absolute atomic E-state index is 13.6. The molecular formula is C25H34BrN3O6S. The van der Waals surface area contributed by atoms with Crippen molar-refractivity contribution in [3.8, 4) is 11.5 Å². The Hall–Kier alpha value is -2.79. The number of ether oxygens (including phenoxy) is 2. The first kappa shape index (κ1) is 29.4. The number of halogens is 1. The fourth-order valence-corrected chi connectivity index (χ4v) is 4.52. The Morgan fingerprint density at radius 3 is 2.19 bits per heavy atom. The summed E-state index contributed by atoms with van der Waals surface area (Å²) in [6, 6.07) is 11.2. The van der Waals surface area contributed by atoms with E-state index in [0.29, 0.717) is 12.3 Å². The van der Waals surface area contributed by atoms with Gasteiger partial charge in [-0.25, -0.2) is 8.42 Å². The average molecular weight is 585 g/mol. The zero-order valence-electron chi connectivity index (χ0n) is 21.4. The van der Waals surface area contributed by atoms with Crippen LogP contribution < -0.4 is 19.1 Å². The molecule has 2 aromatic carbocycles. The molecule has 9 nitrogen and oxygen atoms in total. The number of hydrogen-bond acceptors (Lipinski definition) is 6. The zero-order chi connectivity index (χ0) is 27.0. The molecule has 198 valence electrons. The van der Waals surface area contributed by atoms with Crippen LogP contribution in [0.25, 0.3) is 0 Å². The van der Waals surface area contributed by atoms with Crippen LogP contribution >= 0.6 is 15.9 Å². The third-order valence-electron chi connectivity index (χ3n) is 5.45. The summed E-state index contributed by atoms with van der Waals surface area (Å²) in [6.45, 7) is 5.63. The van der Waals surface area contributed by atoms with Crippen molar-refractivity contribution in [2.75, 3.05) is 37.9 Å². The van der Waals surface area contributed by atoms with Crippen LogP contribution in [-0.2, 0) is 26.2 Å². The number of amides is 2. The summed E-state index contributed by atoms with van der Waals surface area (Å²) in [4.78, 5) is 27.9. The Balaban J connectivity index is 2.45. The molecule has 11 heteroatoms. The maximum Gasteiger partial charge on any atom is 0.244 e. The van der Waals surface area contributed by atoms with E-state index < -0.39 is 28.5 Å². The van der Waals surface area contributed by atoms with Gasteiger partial charge in [0.2, 0.25) is 21.8 Å². The lowest BCUT2D eigenvalue weighted by Crippen LogP contribution is -2.51. The third kappa shape index (κ3) is 8.12. The van der Waals surface area contributed by atoms with Gasteiger partial charge in [0.15, 0.2) is 0 Å². The number of carbonyl (C=O) groups is 2. The minimum absolute atomic E-state index is 0.120. The highest BCUT2D eigenvalue weighted by molar-refractivity contribution is 9.10. The Bertz CT molecular complexity index is 1150. The molecule has 2 rings (SSSR count). The lowest BCUT2D eigenvalue weighted by molar-refractivity contribution is -0.139. The van der Waals surface area contributed by atoms with E-state index >= 15 is 0 Å². The molecule has 0 aliphatic carbocycles. The molecule has 0 aromatic heterocycles. The standard InChI is InChI=1S/C25H34BrN3O6S/c1-17(2)14-27-25(31)18(3)28(15-19-7-9-20(26)10-8-19)24(30)16-29(36(6,32)33)22-13-21(34-4)11-12-23(22)35-5/h7-13,17-18H,14-16H2,1-6H3,(H,27,31)/t18-/m1/s1. The second-order valence-electron chi connectivity index (χ2n) is 8.77. The van der Waals surface area contributed by atoms with Gasteiger partial charge in [-0.3, -0.25) is 13.9 Å². The van der Waals surface area contributed by atoms with Gasteiger partial charge in [0.25, 0.3) is 0 Å². The van der Waals surface area contributed by atoms with E-state index in [4.69, 9.17) is 9.47 Å². The molecule has 0 radical (unpaired) electrons. The van der Waals surface area contributed by atoms with Crippen molar-refractivity contribution in [2.45, 2.75) is 33.4 Å². The van der Waals surface area contributed by atoms with E-state index in [1.165, 1.54) is 25.2 Å². The van der Waals surface area contributed by atoms with Gasteiger partial charge in [-0.15, -0.1) is 0 Å². The number of sulfonamides is 1. The highest BCUT2D eigenvalue weighted by atomic mass is 79.9. The van der Waals surface area contributed by atoms with Gasteiger partial charge in [-0.2, -0.15) is 0 Å². The number of nitrogens with zero attached hydrogens (tertiary/aromatic N) is 2. The van der Waals surface area contributed by atoms with Gasteiger partial charge in [0.05, 0.1) is 26.2 Å². The summed E-state index contributed by atoms with van der Waals surface area (Å²) in [7, 11) is -1.04. The second kappa shape index (κ2) is 13.0. The van der Waals surface area contributed by atoms with Crippen molar-refractivity contribution in [3.63, 3.8) is 0 Å². The summed E-state index contributed by atoms with van der Waals surface area (Å²) in [5.41, 5.74) is 0.952. The predicted octanol–water partition coefficient (Wildman–Crippen LogP) is 3.42. The number of rotatable bonds is 12. The molecule has 2 amide bonds. The molecule has 0 aliphatic heterocycles. The SMILES string of the molecule is COc1ccc(OC)c(N(CC(=O)N(Cc2ccc(Br)cc2)[C@H](C)C(=O)NCC(C)C)S(C)(=O)=O)c1. The average Bonchev–Trinajstić information content (AvgIpc) is 2.83. The molecule has 0 spiro atoms. The third-order valence-corrected chi connectivity index (χ3v) is 7.11. The molecule has 36 heavy (non-hydrogen) atoms. The molecular weight excluding hydrogens is 550 g/mol. The van der Waals surface area contributed by atoms with Crippen molar-refractivity contribution in [1.29, 1.82) is 0 Å². The van der Waals surface area contributed by atoms with Gasteiger partial charge in [0, 0.05) is 23.6 Å². The number of methoxy groups -OCH3 is 2. The van der Waals surface area contributed by atoms with Gasteiger partial charge < -0.3 is 19.7 Å². The molecule has 2 aromatic rings. The van der Waals surface area contributed by atoms with Gasteiger partial charge in [-0.05, 0) is 42.7 Å². The molecule has 0 aliphatic rings. The minimum atomic E-state index is -3.91. The maximum atomic E-state index is 13.6. The van der Waals surface area contributed by atoms with Crippen LogP contribution in [0.5, 0.6) is 11.5 Å². The quantitative estimate of drug-likeness (QED) is 0.410. The lowest BCUT2D eigenvalue weighted by Gasteiger charge is -2.32. The van der Waals surface area contributed by atoms with E-state index in [1.54, 1.807) is 19.1 Å². The van der Waals surface area contributed by atoms with Gasteiger partial charge >= 0.3 is 0 Å². The Kier molecular flexibility index (Phi) is 10.6. The topological polar surface area (TPSA) is 105 Å². The van der Waals surface area contributed by atoms with Crippen LogP contribution in [0.2, 0.25) is 0 Å². The normalized spacial score (nSPS) is 12.1. The molecule has 0 saturated carbocycles. The molecule has 0 saturated heterocycles. The molecule has 0 heterocycles. The predicted molar refractivity (Wildman–Crippen MR) is 144 cm³/mol. The molecule has 1 atom stereocenters. The fourth-order valence-electron chi connectivity index (χ4n) is 3.41. The Morgan fingerprint density at radius 2 is 1.67 bits per heavy atom. The van der Waals surface area contributed by atoms with E-state index in [1.807, 2.05) is 38.1 Å². The smallest absolute Gasteiger partial charge is 0.244 e. The zero-order valence-corrected chi connectivity index (χ0v) is 23.9. The van der Waals surface area contributed by atoms with E-state index in [9.17, 15) is 18.0 Å². The summed E-state index contributed by atoms with van der Waals surface area (Å²) in [5, 5.41) is 2.85. The molecule has 0 bridgehead atoms. The van der Waals surface area contributed by atoms with Crippen molar-refractivity contribution >= 4 is 43.5 Å². The van der Waals surface area contributed by atoms with E-state index in [-0.39, 0.29) is 29.8 Å². The number of anilines is 1. The molecule has 0 fully saturated rings. The monoisotopic (exact) mass is 583 g/mol. The minimum Gasteiger partial charge on any atom is -0.497 e. The summed E-state index contributed by atoms with van der Waals surface area (Å²) in [6.07, 6.45) is 1.01. The summed E-state index contributed by atoms with van der Waals surface area (Å²) in [5.74, 6) is 0.0359. The van der Waals surface area contributed by atoms with Gasteiger partial charge in [0.1, 0.15) is 24.1 Å². The van der Waals surface area contributed by atoms with Crippen LogP contribution in [0.3, 0.4) is 0 Å². The van der Waals surface area contributed by atoms with Crippen LogP contribution in [0.1, 0.15) is 26.3 Å². The Morgan fingerprint density at radius 1 is 1.03 bits per heavy atom. The lowest BCUT2D eigenvalue weighted by atomic mass is 10.1. The number of hydrogen-bond donors (Lipinski definition) is 1. The van der Waals surface area contributed by atoms with E-state index in [2.05, 4.69) is 21.2 Å². The first-order chi connectivity index (χ1) is 16.9. The van der Waals surface area contributed by atoms with Crippen molar-refractivity contribution in [2.24, 2.45) is 5.92 Å². The number of nitrogens with one attached hydrogen (secondary N) is 1. The van der Waals surface area contributed by atoms with Crippen LogP contribution in [0.4, 0.5) is 5.69 Å². The fraction of sp³-hybridized carbons (Fsp3) is 0.440.